The minimum atomic E-state index is 1.18. The minimum Gasteiger partial charge on any atom is -0.265 e. The van der Waals surface area contributed by atoms with Gasteiger partial charge in [-0.05, 0) is 156 Å². The van der Waals surface area contributed by atoms with Gasteiger partial charge in [0.05, 0.1) is 0 Å². The molecule has 10 aromatic carbocycles. The number of aromatic nitrogens is 2. The van der Waals surface area contributed by atoms with Crippen molar-refractivity contribution in [2.75, 3.05) is 0 Å². The highest BCUT2D eigenvalue weighted by Crippen LogP contribution is 2.55. The summed E-state index contributed by atoms with van der Waals surface area (Å²) >= 11 is 0. The van der Waals surface area contributed by atoms with E-state index < -0.39 is 0 Å². The monoisotopic (exact) mass is 604 g/mol. The Labute approximate surface area is 274 Å². The van der Waals surface area contributed by atoms with Crippen molar-refractivity contribution in [3.8, 4) is 22.3 Å². The van der Waals surface area contributed by atoms with Gasteiger partial charge in [0, 0.05) is 24.8 Å². The topological polar surface area (TPSA) is 25.8 Å². The van der Waals surface area contributed by atoms with Crippen molar-refractivity contribution in [2.45, 2.75) is 0 Å². The summed E-state index contributed by atoms with van der Waals surface area (Å²) in [5.41, 5.74) is 4.92. The van der Waals surface area contributed by atoms with Gasteiger partial charge in [-0.2, -0.15) is 0 Å². The SMILES string of the molecule is c1cc2ccc3ccc4c5c(-c6ccncc6)c6c(cc7c8ccccc8c8cccc6c87)c(-c6ccncc6)c5c5cc(c1)c2c3c54. The second-order valence-corrected chi connectivity index (χ2v) is 13.2. The number of nitrogens with zero attached hydrogens (tertiary/aromatic N) is 2. The van der Waals surface area contributed by atoms with Gasteiger partial charge in [0.2, 0.25) is 0 Å². The van der Waals surface area contributed by atoms with Crippen LogP contribution >= 0.6 is 0 Å². The van der Waals surface area contributed by atoms with Crippen LogP contribution in [0, 0.1) is 0 Å². The van der Waals surface area contributed by atoms with Crippen LogP contribution in [0.3, 0.4) is 0 Å². The molecule has 0 saturated heterocycles. The third-order valence-corrected chi connectivity index (χ3v) is 11.0. The van der Waals surface area contributed by atoms with E-state index in [0.717, 1.165) is 0 Å². The fraction of sp³-hybridized carbons (Fsp3) is 0. The highest BCUT2D eigenvalue weighted by atomic mass is 14.6. The molecule has 12 aromatic rings. The Hall–Kier alpha value is -6.38. The van der Waals surface area contributed by atoms with Crippen molar-refractivity contribution >= 4 is 97.0 Å². The molecule has 0 aliphatic rings. The van der Waals surface area contributed by atoms with Crippen molar-refractivity contribution in [2.24, 2.45) is 0 Å². The van der Waals surface area contributed by atoms with Crippen LogP contribution < -0.4 is 0 Å². The molecule has 218 valence electrons. The van der Waals surface area contributed by atoms with Gasteiger partial charge in [0.1, 0.15) is 0 Å². The van der Waals surface area contributed by atoms with Crippen molar-refractivity contribution in [3.63, 3.8) is 0 Å². The van der Waals surface area contributed by atoms with Gasteiger partial charge in [-0.1, -0.05) is 84.9 Å². The maximum atomic E-state index is 4.47. The van der Waals surface area contributed by atoms with E-state index in [1.165, 1.54) is 119 Å². The highest BCUT2D eigenvalue weighted by Gasteiger charge is 2.27. The van der Waals surface area contributed by atoms with E-state index in [9.17, 15) is 0 Å². The zero-order chi connectivity index (χ0) is 31.1. The molecule has 2 heterocycles. The van der Waals surface area contributed by atoms with Crippen LogP contribution in [0.2, 0.25) is 0 Å². The molecule has 0 bridgehead atoms. The molecule has 2 nitrogen and oxygen atoms in total. The Bertz CT molecular complexity index is 3250. The summed E-state index contributed by atoms with van der Waals surface area (Å²) in [7, 11) is 0. The van der Waals surface area contributed by atoms with Crippen LogP contribution in [0.4, 0.5) is 0 Å². The first-order chi connectivity index (χ1) is 23.8. The van der Waals surface area contributed by atoms with Gasteiger partial charge in [-0.3, -0.25) is 9.97 Å². The molecule has 0 radical (unpaired) electrons. The van der Waals surface area contributed by atoms with E-state index in [-0.39, 0.29) is 0 Å². The van der Waals surface area contributed by atoms with Crippen LogP contribution in [0.15, 0.2) is 146 Å². The van der Waals surface area contributed by atoms with Gasteiger partial charge in [-0.25, -0.2) is 0 Å². The summed E-state index contributed by atoms with van der Waals surface area (Å²) < 4.78 is 0. The van der Waals surface area contributed by atoms with Crippen molar-refractivity contribution in [1.82, 2.24) is 9.97 Å². The van der Waals surface area contributed by atoms with Crippen LogP contribution in [-0.2, 0) is 0 Å². The summed E-state index contributed by atoms with van der Waals surface area (Å²) in [5, 5.41) is 23.6. The lowest BCUT2D eigenvalue weighted by Gasteiger charge is -2.19. The number of rotatable bonds is 2. The normalized spacial score (nSPS) is 12.6. The predicted molar refractivity (Wildman–Crippen MR) is 204 cm³/mol. The van der Waals surface area contributed by atoms with Gasteiger partial charge >= 0.3 is 0 Å². The second kappa shape index (κ2) is 8.70. The van der Waals surface area contributed by atoms with Gasteiger partial charge in [0.25, 0.3) is 0 Å². The van der Waals surface area contributed by atoms with Crippen LogP contribution in [-0.4, -0.2) is 9.97 Å². The van der Waals surface area contributed by atoms with Crippen molar-refractivity contribution in [1.29, 1.82) is 0 Å². The molecule has 0 amide bonds. The number of pyridine rings is 2. The number of hydrogen-bond acceptors (Lipinski definition) is 2. The number of fused-ring (bicyclic) bond motifs is 8. The minimum absolute atomic E-state index is 1.18. The Balaban J connectivity index is 1.48. The van der Waals surface area contributed by atoms with Gasteiger partial charge < -0.3 is 0 Å². The van der Waals surface area contributed by atoms with E-state index in [0.29, 0.717) is 0 Å². The number of hydrogen-bond donors (Lipinski definition) is 0. The predicted octanol–water partition coefficient (Wildman–Crippen LogP) is 12.5. The maximum Gasteiger partial charge on any atom is 0.0273 e. The molecule has 0 atom stereocenters. The average molecular weight is 605 g/mol. The standard InChI is InChI=1S/C46H24N2/c1-2-8-31-30(7-1)32-9-4-10-33-42(32)35(31)24-37-39(27-15-19-47-20-16-27)46-36-23-29-6-3-5-25-11-12-26-13-14-34(44(36)40(26)38(25)29)45(46)41(43(33)37)28-17-21-48-22-18-28/h1-24H. The van der Waals surface area contributed by atoms with Crippen molar-refractivity contribution in [3.05, 3.63) is 146 Å². The maximum absolute atomic E-state index is 4.47. The Morgan fingerprint density at radius 3 is 1.65 bits per heavy atom. The zero-order valence-corrected chi connectivity index (χ0v) is 25.8. The van der Waals surface area contributed by atoms with Crippen molar-refractivity contribution < 1.29 is 0 Å². The smallest absolute Gasteiger partial charge is 0.0273 e. The van der Waals surface area contributed by atoms with E-state index in [2.05, 4.69) is 131 Å². The Morgan fingerprint density at radius 2 is 0.854 bits per heavy atom. The lowest BCUT2D eigenvalue weighted by molar-refractivity contribution is 1.33. The molecule has 12 rings (SSSR count). The molecule has 2 heteroatoms. The highest BCUT2D eigenvalue weighted by molar-refractivity contribution is 6.47. The summed E-state index contributed by atoms with van der Waals surface area (Å²) in [6.45, 7) is 0. The molecule has 48 heavy (non-hydrogen) atoms. The van der Waals surface area contributed by atoms with E-state index in [1.807, 2.05) is 24.8 Å². The fourth-order valence-electron chi connectivity index (χ4n) is 9.27. The summed E-state index contributed by atoms with van der Waals surface area (Å²) in [6, 6.07) is 45.5. The third kappa shape index (κ3) is 2.91. The molecule has 0 N–H and O–H groups in total. The molecule has 0 aliphatic heterocycles. The quantitative estimate of drug-likeness (QED) is 0.183. The largest absolute Gasteiger partial charge is 0.265 e. The Morgan fingerprint density at radius 1 is 0.271 bits per heavy atom. The molecular weight excluding hydrogens is 581 g/mol. The molecule has 2 aromatic heterocycles. The summed E-state index contributed by atoms with van der Waals surface area (Å²) in [6.07, 6.45) is 7.74. The molecular formula is C46H24N2. The lowest BCUT2D eigenvalue weighted by atomic mass is 9.84. The van der Waals surface area contributed by atoms with E-state index >= 15 is 0 Å². The van der Waals surface area contributed by atoms with Gasteiger partial charge in [-0.15, -0.1) is 0 Å². The molecule has 0 saturated carbocycles. The zero-order valence-electron chi connectivity index (χ0n) is 25.8. The molecule has 0 fully saturated rings. The van der Waals surface area contributed by atoms with Crippen LogP contribution in [0.1, 0.15) is 0 Å². The first kappa shape index (κ1) is 24.8. The van der Waals surface area contributed by atoms with E-state index in [1.54, 1.807) is 0 Å². The average Bonchev–Trinajstić information content (AvgIpc) is 3.65. The van der Waals surface area contributed by atoms with Crippen LogP contribution in [0.5, 0.6) is 0 Å². The van der Waals surface area contributed by atoms with E-state index in [4.69, 9.17) is 0 Å². The molecule has 0 spiro atoms. The second-order valence-electron chi connectivity index (χ2n) is 13.2. The Kier molecular flexibility index (Phi) is 4.49. The number of benzene rings is 8. The van der Waals surface area contributed by atoms with Gasteiger partial charge in [0.15, 0.2) is 0 Å². The molecule has 0 unspecified atom stereocenters. The lowest BCUT2D eigenvalue weighted by Crippen LogP contribution is -1.91. The third-order valence-electron chi connectivity index (χ3n) is 11.0. The fourth-order valence-corrected chi connectivity index (χ4v) is 9.27. The summed E-state index contributed by atoms with van der Waals surface area (Å²) in [5.74, 6) is 0. The first-order valence-electron chi connectivity index (χ1n) is 16.6. The summed E-state index contributed by atoms with van der Waals surface area (Å²) in [4.78, 5) is 8.93. The molecule has 0 aliphatic carbocycles. The first-order valence-corrected chi connectivity index (χ1v) is 16.6. The van der Waals surface area contributed by atoms with Crippen LogP contribution in [0.25, 0.3) is 119 Å².